The first-order valence-corrected chi connectivity index (χ1v) is 44.0. The molecule has 0 N–H and O–H groups in total. The molecular weight excluding hydrogens is 1570 g/mol. The third kappa shape index (κ3) is 16.3. The van der Waals surface area contributed by atoms with Crippen molar-refractivity contribution in [1.82, 2.24) is 24.9 Å². The van der Waals surface area contributed by atoms with Gasteiger partial charge in [-0.05, 0) is 230 Å². The lowest BCUT2D eigenvalue weighted by molar-refractivity contribution is -0.660. The van der Waals surface area contributed by atoms with Gasteiger partial charge in [0, 0.05) is 167 Å². The second kappa shape index (κ2) is 34.9. The van der Waals surface area contributed by atoms with Gasteiger partial charge in [0.2, 0.25) is 57.0 Å². The van der Waals surface area contributed by atoms with Crippen LogP contribution in [0.15, 0.2) is 235 Å². The number of furan rings is 5. The van der Waals surface area contributed by atoms with Gasteiger partial charge < -0.3 is 22.1 Å². The van der Waals surface area contributed by atoms with Crippen molar-refractivity contribution in [3.05, 3.63) is 297 Å². The van der Waals surface area contributed by atoms with Crippen molar-refractivity contribution < 1.29 is 57.3 Å². The largest absolute Gasteiger partial charge is 0.437 e. The Bertz CT molecular complexity index is 8210. The number of nitrogens with zero attached hydrogens (tertiary/aromatic N) is 10. The van der Waals surface area contributed by atoms with E-state index < -0.39 is 36.8 Å². The first-order chi connectivity index (χ1) is 64.5. The molecular formula is C112H115N10O5+5. The molecule has 0 bridgehead atoms. The number of aryl methyl sites for hydroxylation is 17. The van der Waals surface area contributed by atoms with Crippen molar-refractivity contribution in [3.8, 4) is 56.3 Å². The number of aromatic nitrogens is 10. The van der Waals surface area contributed by atoms with Crippen LogP contribution in [-0.2, 0) is 41.7 Å². The van der Waals surface area contributed by atoms with Crippen LogP contribution in [0.4, 0.5) is 0 Å². The normalized spacial score (nSPS) is 16.8. The van der Waals surface area contributed by atoms with Crippen molar-refractivity contribution in [2.24, 2.45) is 35.2 Å². The minimum Gasteiger partial charge on any atom is -0.437 e. The van der Waals surface area contributed by atoms with Crippen LogP contribution in [0.1, 0.15) is 193 Å². The second-order valence-corrected chi connectivity index (χ2v) is 34.7. The summed E-state index contributed by atoms with van der Waals surface area (Å²) >= 11 is 0. The molecule has 0 aliphatic heterocycles. The summed E-state index contributed by atoms with van der Waals surface area (Å²) in [5.41, 5.74) is 32.9. The van der Waals surface area contributed by atoms with Gasteiger partial charge in [0.1, 0.15) is 35.2 Å². The van der Waals surface area contributed by atoms with Crippen molar-refractivity contribution in [2.75, 3.05) is 0 Å². The Labute approximate surface area is 755 Å². The van der Waals surface area contributed by atoms with E-state index in [9.17, 15) is 0 Å². The van der Waals surface area contributed by atoms with Gasteiger partial charge in [-0.15, -0.1) is 0 Å². The Morgan fingerprint density at radius 3 is 0.937 bits per heavy atom. The number of hydrogen-bond donors (Lipinski definition) is 0. The van der Waals surface area contributed by atoms with E-state index in [2.05, 4.69) is 267 Å². The summed E-state index contributed by atoms with van der Waals surface area (Å²) in [4.78, 5) is 23.1. The van der Waals surface area contributed by atoms with E-state index in [1.54, 1.807) is 18.2 Å². The first-order valence-electron chi connectivity index (χ1n) is 48.5. The molecule has 22 rings (SSSR count). The maximum Gasteiger partial charge on any atom is 0.227 e. The molecule has 2 aliphatic rings. The first kappa shape index (κ1) is 73.9. The van der Waals surface area contributed by atoms with E-state index in [1.165, 1.54) is 38.9 Å². The van der Waals surface area contributed by atoms with E-state index in [4.69, 9.17) is 34.4 Å². The highest BCUT2D eigenvalue weighted by molar-refractivity contribution is 6.13. The van der Waals surface area contributed by atoms with E-state index in [0.717, 1.165) is 173 Å². The van der Waals surface area contributed by atoms with Crippen molar-refractivity contribution >= 4 is 110 Å². The van der Waals surface area contributed by atoms with Gasteiger partial charge in [-0.2, -0.15) is 0 Å². The van der Waals surface area contributed by atoms with Crippen LogP contribution in [0.3, 0.4) is 0 Å². The molecule has 2 fully saturated rings. The molecule has 0 amide bonds. The Balaban J connectivity index is 0.000000114. The van der Waals surface area contributed by atoms with Gasteiger partial charge >= 0.3 is 0 Å². The minimum absolute atomic E-state index is 0.0724. The lowest BCUT2D eigenvalue weighted by atomic mass is 9.86. The SMILES string of the molecule is CCc1ccc2c(n1)oc1c(-c3cc(C)cc[n+]3C)c(C)ccc12.Cc1cc[n+](C)c(-c2c(C)ccc3c2oc2nc(C)ccc23)c1.[2H]C(C)(C)c1ccc2c(n1)oc1c(-c3cc(C)cc[n+]3C)c(C)ccc12.[2H]C1([2H])CCCC([2H])([2H])C1([2H])c1ccc2c(n1)oc1c(-c3cc(C)cc[n+]3C)c(C)ccc12.[2H]C1([2H])CCCC1([2H])c1ccc2c(n1)oc1c(-c3cc(C)cc[n+]3C)c(C)ccc12. The number of benzene rings is 5. The number of rotatable bonds is 9. The predicted molar refractivity (Wildman–Crippen MR) is 513 cm³/mol. The predicted octanol–water partition coefficient (Wildman–Crippen LogP) is 26.1. The van der Waals surface area contributed by atoms with Crippen LogP contribution < -0.4 is 22.8 Å². The lowest BCUT2D eigenvalue weighted by Crippen LogP contribution is -2.30. The molecule has 0 saturated heterocycles. The third-order valence-electron chi connectivity index (χ3n) is 24.9. The zero-order chi connectivity index (χ0) is 96.6. The van der Waals surface area contributed by atoms with Crippen LogP contribution in [0.2, 0.25) is 0 Å². The number of fused-ring (bicyclic) bond motifs is 15. The molecule has 5 aromatic carbocycles. The molecule has 15 heteroatoms. The minimum atomic E-state index is -2.12. The van der Waals surface area contributed by atoms with Gasteiger partial charge in [0.05, 0.1) is 27.8 Å². The molecule has 15 aromatic heterocycles. The van der Waals surface area contributed by atoms with Gasteiger partial charge in [0.15, 0.2) is 58.9 Å². The third-order valence-corrected chi connectivity index (χ3v) is 24.9. The lowest BCUT2D eigenvalue weighted by Gasteiger charge is -2.20. The molecule has 15 heterocycles. The average Bonchev–Trinajstić information content (AvgIpc) is 1.16. The smallest absolute Gasteiger partial charge is 0.227 e. The van der Waals surface area contributed by atoms with Gasteiger partial charge in [-0.25, -0.2) is 47.8 Å². The second-order valence-electron chi connectivity index (χ2n) is 34.7. The quantitative estimate of drug-likeness (QED) is 0.128. The molecule has 127 heavy (non-hydrogen) atoms. The average molecular weight is 1690 g/mol. The maximum absolute atomic E-state index is 8.98. The molecule has 0 radical (unpaired) electrons. The Kier molecular flexibility index (Phi) is 20.3. The summed E-state index contributed by atoms with van der Waals surface area (Å²) in [7, 11) is 10.2. The summed E-state index contributed by atoms with van der Waals surface area (Å²) in [6, 6.07) is 61.8. The van der Waals surface area contributed by atoms with Crippen LogP contribution in [0.5, 0.6) is 0 Å². The fraction of sp³-hybridized carbons (Fsp3) is 0.286. The van der Waals surface area contributed by atoms with Gasteiger partial charge in [0.25, 0.3) is 0 Å². The summed E-state index contributed by atoms with van der Waals surface area (Å²) in [6.45, 7) is 28.7. The highest BCUT2D eigenvalue weighted by Gasteiger charge is 2.30. The summed E-state index contributed by atoms with van der Waals surface area (Å²) < 4.78 is 118. The monoisotopic (exact) mass is 1690 g/mol. The van der Waals surface area contributed by atoms with Crippen molar-refractivity contribution in [3.63, 3.8) is 0 Å². The molecule has 20 aromatic rings. The van der Waals surface area contributed by atoms with Crippen LogP contribution >= 0.6 is 0 Å². The fourth-order valence-corrected chi connectivity index (χ4v) is 17.8. The summed E-state index contributed by atoms with van der Waals surface area (Å²) in [5.74, 6) is -4.20. The van der Waals surface area contributed by atoms with Gasteiger partial charge in [-0.3, -0.25) is 0 Å². The highest BCUT2D eigenvalue weighted by Crippen LogP contribution is 2.45. The maximum atomic E-state index is 8.98. The van der Waals surface area contributed by atoms with Crippen LogP contribution in [-0.4, -0.2) is 24.9 Å². The Morgan fingerprint density at radius 2 is 0.606 bits per heavy atom. The molecule has 2 saturated carbocycles. The van der Waals surface area contributed by atoms with Crippen molar-refractivity contribution in [2.45, 2.75) is 179 Å². The fourth-order valence-electron chi connectivity index (χ4n) is 17.8. The number of pyridine rings is 10. The van der Waals surface area contributed by atoms with E-state index in [0.29, 0.717) is 65.5 Å². The highest BCUT2D eigenvalue weighted by atomic mass is 16.4. The van der Waals surface area contributed by atoms with E-state index in [-0.39, 0.29) is 18.5 Å². The molecule has 1 unspecified atom stereocenters. The zero-order valence-corrected chi connectivity index (χ0v) is 76.2. The molecule has 0 spiro atoms. The number of hydrogen-bond acceptors (Lipinski definition) is 10. The van der Waals surface area contributed by atoms with Crippen LogP contribution in [0, 0.1) is 76.2 Å². The van der Waals surface area contributed by atoms with Crippen LogP contribution in [0.25, 0.3) is 167 Å². The van der Waals surface area contributed by atoms with E-state index in [1.807, 2.05) is 108 Å². The van der Waals surface area contributed by atoms with E-state index >= 15 is 0 Å². The summed E-state index contributed by atoms with van der Waals surface area (Å²) in [5, 5.41) is 9.99. The van der Waals surface area contributed by atoms with Crippen molar-refractivity contribution in [1.29, 1.82) is 0 Å². The molecule has 15 nitrogen and oxygen atoms in total. The molecule has 2 aliphatic carbocycles. The Morgan fingerprint density at radius 1 is 0.323 bits per heavy atom. The molecule has 638 valence electrons. The van der Waals surface area contributed by atoms with Gasteiger partial charge in [-0.1, -0.05) is 114 Å². The summed E-state index contributed by atoms with van der Waals surface area (Å²) in [6.07, 6.45) is 7.79. The topological polar surface area (TPSA) is 150 Å². The standard InChI is InChI=1S/C25H27N2O.C24H25N2O.C22H23N2O.C21H21N2O.C20H19N2O/c1-16-13-14-27(3)22(15-16)23-17(2)9-10-19-20-11-12-21(18-7-5-4-6-8-18)26-25(20)28-24(19)23;1-15-12-13-26(3)21(14-15)22-16(2)8-9-18-19-10-11-20(17-6-4-5-7-17)25-24(19)27-23(18)22;1-13(2)18-9-8-17-16-7-6-15(4)20(21(16)25-22(17)23-18)19-12-14(3)10-11-24(19)5;1-5-15-7-9-17-16-8-6-14(3)19(20(16)24-21(17)22-15)18-12-13(2)10-11-23(18)4;1-12-9-10-22(4)17(11-12)18-13(2)5-7-15-16-8-6-14(3)21-20(16)23-19(15)18/h9-15,18H,4-8H2,1-3H3;8-14,17H,4-7H2,1-3H3;6-13H,1-5H3;6-12H,5H2,1-4H3;5-11H,1-4H3/q5*+1/i7D2,8D2,18D;6D2,17D;13D;;. The zero-order valence-electron chi connectivity index (χ0n) is 85.2. The Hall–Kier alpha value is -13.4. The molecule has 1 atom stereocenters.